The van der Waals surface area contributed by atoms with E-state index in [1.165, 1.54) is 11.1 Å². The lowest BCUT2D eigenvalue weighted by Crippen LogP contribution is -2.49. The van der Waals surface area contributed by atoms with Crippen LogP contribution in [-0.2, 0) is 6.54 Å². The number of nitrogens with two attached hydrogens (primary N) is 1. The molecule has 0 aliphatic rings. The second-order valence-electron chi connectivity index (χ2n) is 5.95. The SMILES string of the molecule is Cc1ccccc1CN(C)C(C)(CN)CCCC(F)(F)F. The van der Waals surface area contributed by atoms with Gasteiger partial charge in [-0.2, -0.15) is 13.2 Å². The predicted molar refractivity (Wildman–Crippen MR) is 80.0 cm³/mol. The van der Waals surface area contributed by atoms with Crippen LogP contribution in [0, 0.1) is 6.92 Å². The van der Waals surface area contributed by atoms with Crippen LogP contribution in [0.25, 0.3) is 0 Å². The van der Waals surface area contributed by atoms with Crippen molar-refractivity contribution in [1.29, 1.82) is 0 Å². The molecule has 0 bridgehead atoms. The van der Waals surface area contributed by atoms with Crippen LogP contribution in [0.15, 0.2) is 24.3 Å². The van der Waals surface area contributed by atoms with Gasteiger partial charge in [0.2, 0.25) is 0 Å². The lowest BCUT2D eigenvalue weighted by molar-refractivity contribution is -0.136. The summed E-state index contributed by atoms with van der Waals surface area (Å²) in [6.07, 6.45) is -4.30. The second kappa shape index (κ2) is 7.27. The summed E-state index contributed by atoms with van der Waals surface area (Å²) in [4.78, 5) is 2.06. The Morgan fingerprint density at radius 1 is 1.14 bits per heavy atom. The van der Waals surface area contributed by atoms with Gasteiger partial charge < -0.3 is 5.73 Å². The second-order valence-corrected chi connectivity index (χ2v) is 5.95. The smallest absolute Gasteiger partial charge is 0.329 e. The molecule has 0 aromatic heterocycles. The van der Waals surface area contributed by atoms with E-state index in [1.54, 1.807) is 0 Å². The van der Waals surface area contributed by atoms with Crippen LogP contribution in [0.5, 0.6) is 0 Å². The summed E-state index contributed by atoms with van der Waals surface area (Å²) < 4.78 is 36.9. The van der Waals surface area contributed by atoms with Crippen molar-refractivity contribution in [1.82, 2.24) is 4.90 Å². The molecule has 0 saturated heterocycles. The summed E-state index contributed by atoms with van der Waals surface area (Å²) in [5.41, 5.74) is 7.76. The van der Waals surface area contributed by atoms with Gasteiger partial charge >= 0.3 is 6.18 Å². The number of rotatable bonds is 7. The fourth-order valence-corrected chi connectivity index (χ4v) is 2.35. The van der Waals surface area contributed by atoms with Gasteiger partial charge in [0.15, 0.2) is 0 Å². The van der Waals surface area contributed by atoms with Crippen molar-refractivity contribution >= 4 is 0 Å². The number of aryl methyl sites for hydroxylation is 1. The number of halogens is 3. The first kappa shape index (κ1) is 18.0. The van der Waals surface area contributed by atoms with Gasteiger partial charge in [-0.3, -0.25) is 4.90 Å². The van der Waals surface area contributed by atoms with Crippen molar-refractivity contribution in [3.63, 3.8) is 0 Å². The highest BCUT2D eigenvalue weighted by molar-refractivity contribution is 5.25. The van der Waals surface area contributed by atoms with E-state index in [0.717, 1.165) is 0 Å². The highest BCUT2D eigenvalue weighted by Gasteiger charge is 2.31. The third-order valence-electron chi connectivity index (χ3n) is 4.21. The third-order valence-corrected chi connectivity index (χ3v) is 4.21. The highest BCUT2D eigenvalue weighted by Crippen LogP contribution is 2.27. The maximum atomic E-state index is 12.3. The minimum Gasteiger partial charge on any atom is -0.329 e. The van der Waals surface area contributed by atoms with Crippen molar-refractivity contribution in [3.05, 3.63) is 35.4 Å². The number of alkyl halides is 3. The Bertz CT molecular complexity index is 445. The first-order valence-electron chi connectivity index (χ1n) is 7.20. The Balaban J connectivity index is 2.67. The fourth-order valence-electron chi connectivity index (χ4n) is 2.35. The molecule has 0 radical (unpaired) electrons. The number of hydrogen-bond donors (Lipinski definition) is 1. The van der Waals surface area contributed by atoms with E-state index in [9.17, 15) is 13.2 Å². The average molecular weight is 302 g/mol. The summed E-state index contributed by atoms with van der Waals surface area (Å²) >= 11 is 0. The lowest BCUT2D eigenvalue weighted by Gasteiger charge is -2.38. The molecule has 1 unspecified atom stereocenters. The van der Waals surface area contributed by atoms with Gasteiger partial charge in [0.1, 0.15) is 0 Å². The summed E-state index contributed by atoms with van der Waals surface area (Å²) in [6.45, 7) is 4.99. The summed E-state index contributed by atoms with van der Waals surface area (Å²) in [6, 6.07) is 8.02. The number of likely N-dealkylation sites (N-methyl/N-ethyl adjacent to an activating group) is 1. The molecule has 21 heavy (non-hydrogen) atoms. The van der Waals surface area contributed by atoms with Crippen LogP contribution < -0.4 is 5.73 Å². The monoisotopic (exact) mass is 302 g/mol. The van der Waals surface area contributed by atoms with E-state index >= 15 is 0 Å². The topological polar surface area (TPSA) is 29.3 Å². The van der Waals surface area contributed by atoms with Gasteiger partial charge in [0.05, 0.1) is 0 Å². The molecule has 0 saturated carbocycles. The molecule has 1 atom stereocenters. The van der Waals surface area contributed by atoms with Crippen LogP contribution in [0.1, 0.15) is 37.3 Å². The summed E-state index contributed by atoms with van der Waals surface area (Å²) in [7, 11) is 1.92. The highest BCUT2D eigenvalue weighted by atomic mass is 19.4. The standard InChI is InChI=1S/C16H25F3N2/c1-13-7-4-5-8-14(13)11-21(3)15(2,12-20)9-6-10-16(17,18)19/h4-5,7-8H,6,9-12,20H2,1-3H3. The lowest BCUT2D eigenvalue weighted by atomic mass is 9.92. The predicted octanol–water partition coefficient (Wildman–Crippen LogP) is 3.88. The van der Waals surface area contributed by atoms with Crippen molar-refractivity contribution in [2.45, 2.75) is 51.4 Å². The van der Waals surface area contributed by atoms with Crippen LogP contribution in [-0.4, -0.2) is 30.2 Å². The Kier molecular flexibility index (Phi) is 6.23. The zero-order valence-electron chi connectivity index (χ0n) is 13.0. The molecule has 0 heterocycles. The van der Waals surface area contributed by atoms with Crippen LogP contribution >= 0.6 is 0 Å². The van der Waals surface area contributed by atoms with E-state index < -0.39 is 18.1 Å². The van der Waals surface area contributed by atoms with E-state index in [2.05, 4.69) is 4.90 Å². The average Bonchev–Trinajstić information content (AvgIpc) is 2.39. The van der Waals surface area contributed by atoms with E-state index in [4.69, 9.17) is 5.73 Å². The first-order valence-corrected chi connectivity index (χ1v) is 7.20. The van der Waals surface area contributed by atoms with E-state index in [-0.39, 0.29) is 6.42 Å². The van der Waals surface area contributed by atoms with Crippen molar-refractivity contribution in [3.8, 4) is 0 Å². The van der Waals surface area contributed by atoms with Gasteiger partial charge in [0, 0.05) is 25.0 Å². The minimum atomic E-state index is -4.09. The molecule has 2 nitrogen and oxygen atoms in total. The Morgan fingerprint density at radius 3 is 2.29 bits per heavy atom. The van der Waals surface area contributed by atoms with E-state index in [0.29, 0.717) is 19.5 Å². The molecule has 1 aromatic rings. The van der Waals surface area contributed by atoms with Crippen LogP contribution in [0.4, 0.5) is 13.2 Å². The molecule has 0 spiro atoms. The van der Waals surface area contributed by atoms with Gasteiger partial charge in [-0.05, 0) is 44.9 Å². The normalized spacial score (nSPS) is 15.2. The Hall–Kier alpha value is -1.07. The molecule has 2 N–H and O–H groups in total. The van der Waals surface area contributed by atoms with Gasteiger partial charge in [-0.25, -0.2) is 0 Å². The molecular weight excluding hydrogens is 277 g/mol. The number of hydrogen-bond acceptors (Lipinski definition) is 2. The fraction of sp³-hybridized carbons (Fsp3) is 0.625. The summed E-state index contributed by atoms with van der Waals surface area (Å²) in [5, 5.41) is 0. The Labute approximate surface area is 125 Å². The molecular formula is C16H25F3N2. The first-order chi connectivity index (χ1) is 9.68. The van der Waals surface area contributed by atoms with Crippen molar-refractivity contribution < 1.29 is 13.2 Å². The molecule has 5 heteroatoms. The van der Waals surface area contributed by atoms with Crippen LogP contribution in [0.2, 0.25) is 0 Å². The zero-order valence-corrected chi connectivity index (χ0v) is 13.0. The van der Waals surface area contributed by atoms with Crippen molar-refractivity contribution in [2.24, 2.45) is 5.73 Å². The van der Waals surface area contributed by atoms with Gasteiger partial charge in [0.25, 0.3) is 0 Å². The van der Waals surface area contributed by atoms with Gasteiger partial charge in [-0.15, -0.1) is 0 Å². The Morgan fingerprint density at radius 2 is 1.76 bits per heavy atom. The maximum absolute atomic E-state index is 12.3. The zero-order chi connectivity index (χ0) is 16.1. The summed E-state index contributed by atoms with van der Waals surface area (Å²) in [5.74, 6) is 0. The van der Waals surface area contributed by atoms with Gasteiger partial charge in [-0.1, -0.05) is 24.3 Å². The molecule has 120 valence electrons. The third kappa shape index (κ3) is 5.67. The number of nitrogens with zero attached hydrogens (tertiary/aromatic N) is 1. The minimum absolute atomic E-state index is 0.106. The maximum Gasteiger partial charge on any atom is 0.389 e. The number of benzene rings is 1. The molecule has 1 aromatic carbocycles. The largest absolute Gasteiger partial charge is 0.389 e. The molecule has 0 fully saturated rings. The molecule has 0 aliphatic heterocycles. The quantitative estimate of drug-likeness (QED) is 0.828. The van der Waals surface area contributed by atoms with Crippen LogP contribution in [0.3, 0.4) is 0 Å². The van der Waals surface area contributed by atoms with Crippen molar-refractivity contribution in [2.75, 3.05) is 13.6 Å². The van der Waals surface area contributed by atoms with E-state index in [1.807, 2.05) is 45.2 Å². The molecule has 0 aliphatic carbocycles. The molecule has 1 rings (SSSR count). The molecule has 0 amide bonds.